The number of imide groups is 1. The van der Waals surface area contributed by atoms with Gasteiger partial charge in [0.2, 0.25) is 0 Å². The van der Waals surface area contributed by atoms with Crippen molar-refractivity contribution < 1.29 is 27.6 Å². The molecule has 0 saturated heterocycles. The standard InChI is InChI=1S/C27H16ClF3N2O3/c28-22-10-2-1-5-15(22)14-32-24(34)19-11-12-21-23-18(19)8-4-9-20(23)25(35)33(26(21)36)17-7-3-6-16(13-17)27(29,30)31/h1-13H,14H2,(H,32,34). The highest BCUT2D eigenvalue weighted by atomic mass is 35.5. The van der Waals surface area contributed by atoms with Gasteiger partial charge in [-0.15, -0.1) is 0 Å². The van der Waals surface area contributed by atoms with Crippen molar-refractivity contribution in [2.75, 3.05) is 4.90 Å². The van der Waals surface area contributed by atoms with Crippen LogP contribution in [0.4, 0.5) is 18.9 Å². The van der Waals surface area contributed by atoms with Crippen molar-refractivity contribution in [3.8, 4) is 0 Å². The molecule has 5 rings (SSSR count). The van der Waals surface area contributed by atoms with Crippen molar-refractivity contribution >= 4 is 45.8 Å². The number of halogens is 4. The van der Waals surface area contributed by atoms with Gasteiger partial charge in [0, 0.05) is 33.6 Å². The van der Waals surface area contributed by atoms with Gasteiger partial charge in [-0.2, -0.15) is 13.2 Å². The number of nitrogens with zero attached hydrogens (tertiary/aromatic N) is 1. The van der Waals surface area contributed by atoms with E-state index in [1.54, 1.807) is 36.4 Å². The summed E-state index contributed by atoms with van der Waals surface area (Å²) in [6, 6.07) is 18.6. The largest absolute Gasteiger partial charge is 0.416 e. The van der Waals surface area contributed by atoms with Crippen LogP contribution < -0.4 is 10.2 Å². The summed E-state index contributed by atoms with van der Waals surface area (Å²) in [5.74, 6) is -1.98. The zero-order valence-corrected chi connectivity index (χ0v) is 19.2. The van der Waals surface area contributed by atoms with Gasteiger partial charge in [-0.05, 0) is 53.4 Å². The smallest absolute Gasteiger partial charge is 0.348 e. The van der Waals surface area contributed by atoms with E-state index in [0.717, 1.165) is 28.7 Å². The molecule has 4 aromatic carbocycles. The van der Waals surface area contributed by atoms with E-state index in [1.807, 2.05) is 0 Å². The number of benzene rings is 4. The third kappa shape index (κ3) is 3.99. The van der Waals surface area contributed by atoms with Gasteiger partial charge in [0.25, 0.3) is 17.7 Å². The summed E-state index contributed by atoms with van der Waals surface area (Å²) >= 11 is 6.15. The van der Waals surface area contributed by atoms with Crippen molar-refractivity contribution in [2.45, 2.75) is 12.7 Å². The zero-order valence-electron chi connectivity index (χ0n) is 18.4. The van der Waals surface area contributed by atoms with Crippen LogP contribution in [0.2, 0.25) is 5.02 Å². The van der Waals surface area contributed by atoms with E-state index in [1.165, 1.54) is 24.3 Å². The summed E-state index contributed by atoms with van der Waals surface area (Å²) in [6.07, 6.45) is -4.64. The molecule has 36 heavy (non-hydrogen) atoms. The number of hydrogen-bond acceptors (Lipinski definition) is 3. The molecule has 0 radical (unpaired) electrons. The number of amides is 3. The van der Waals surface area contributed by atoms with E-state index < -0.39 is 29.5 Å². The predicted octanol–water partition coefficient (Wildman–Crippen LogP) is 6.24. The Kier molecular flexibility index (Phi) is 5.76. The molecular formula is C27H16ClF3N2O3. The zero-order chi connectivity index (χ0) is 25.6. The fourth-order valence-corrected chi connectivity index (χ4v) is 4.47. The van der Waals surface area contributed by atoms with E-state index >= 15 is 0 Å². The Balaban J connectivity index is 1.53. The summed E-state index contributed by atoms with van der Waals surface area (Å²) in [6.45, 7) is 0.169. The second kappa shape index (κ2) is 8.80. The first-order chi connectivity index (χ1) is 17.2. The minimum absolute atomic E-state index is 0.111. The Morgan fingerprint density at radius 1 is 0.861 bits per heavy atom. The SMILES string of the molecule is O=C(NCc1ccccc1Cl)c1ccc2c3c(cccc13)C(=O)N(c1cccc(C(F)(F)F)c1)C2=O. The Morgan fingerprint density at radius 2 is 1.56 bits per heavy atom. The van der Waals surface area contributed by atoms with Crippen LogP contribution in [0.3, 0.4) is 0 Å². The number of carbonyl (C=O) groups excluding carboxylic acids is 3. The molecule has 1 N–H and O–H groups in total. The minimum Gasteiger partial charge on any atom is -0.348 e. The Hall–Kier alpha value is -4.17. The quantitative estimate of drug-likeness (QED) is 0.332. The third-order valence-electron chi connectivity index (χ3n) is 5.98. The molecule has 0 fully saturated rings. The summed E-state index contributed by atoms with van der Waals surface area (Å²) in [4.78, 5) is 40.4. The molecule has 1 heterocycles. The third-order valence-corrected chi connectivity index (χ3v) is 6.35. The number of alkyl halides is 3. The number of nitrogens with one attached hydrogen (secondary N) is 1. The molecule has 5 nitrogen and oxygen atoms in total. The van der Waals surface area contributed by atoms with Crippen molar-refractivity contribution in [1.29, 1.82) is 0 Å². The Morgan fingerprint density at radius 3 is 2.28 bits per heavy atom. The second-order valence-corrected chi connectivity index (χ2v) is 8.56. The van der Waals surface area contributed by atoms with Gasteiger partial charge in [-0.1, -0.05) is 48.0 Å². The van der Waals surface area contributed by atoms with Crippen LogP contribution in [-0.2, 0) is 12.7 Å². The summed E-state index contributed by atoms with van der Waals surface area (Å²) in [7, 11) is 0. The van der Waals surface area contributed by atoms with Gasteiger partial charge < -0.3 is 5.32 Å². The van der Waals surface area contributed by atoms with Gasteiger partial charge in [0.05, 0.1) is 11.3 Å². The lowest BCUT2D eigenvalue weighted by Gasteiger charge is -2.28. The summed E-state index contributed by atoms with van der Waals surface area (Å²) < 4.78 is 39.7. The van der Waals surface area contributed by atoms with Gasteiger partial charge in [0.15, 0.2) is 0 Å². The Bertz CT molecular complexity index is 1540. The average Bonchev–Trinajstić information content (AvgIpc) is 2.86. The molecule has 0 atom stereocenters. The summed E-state index contributed by atoms with van der Waals surface area (Å²) in [5.41, 5.74) is 0.0211. The van der Waals surface area contributed by atoms with E-state index in [0.29, 0.717) is 10.4 Å². The van der Waals surface area contributed by atoms with Gasteiger partial charge in [-0.25, -0.2) is 4.90 Å². The Labute approximate surface area is 208 Å². The first-order valence-corrected chi connectivity index (χ1v) is 11.2. The average molecular weight is 509 g/mol. The van der Waals surface area contributed by atoms with Gasteiger partial charge in [-0.3, -0.25) is 14.4 Å². The second-order valence-electron chi connectivity index (χ2n) is 8.16. The lowest BCUT2D eigenvalue weighted by molar-refractivity contribution is -0.137. The molecule has 0 spiro atoms. The van der Waals surface area contributed by atoms with Crippen molar-refractivity contribution in [1.82, 2.24) is 5.32 Å². The van der Waals surface area contributed by atoms with Crippen LogP contribution in [0.25, 0.3) is 10.8 Å². The number of hydrogen-bond donors (Lipinski definition) is 1. The molecule has 1 aliphatic heterocycles. The molecule has 9 heteroatoms. The molecule has 1 aliphatic rings. The molecule has 4 aromatic rings. The number of rotatable bonds is 4. The van der Waals surface area contributed by atoms with Crippen LogP contribution in [0, 0.1) is 0 Å². The lowest BCUT2D eigenvalue weighted by atomic mass is 9.90. The minimum atomic E-state index is -4.64. The molecule has 180 valence electrons. The van der Waals surface area contributed by atoms with E-state index in [-0.39, 0.29) is 34.3 Å². The highest BCUT2D eigenvalue weighted by molar-refractivity contribution is 6.36. The van der Waals surface area contributed by atoms with Crippen LogP contribution in [0.1, 0.15) is 42.2 Å². The first kappa shape index (κ1) is 23.6. The molecule has 0 aromatic heterocycles. The van der Waals surface area contributed by atoms with Crippen LogP contribution in [0.15, 0.2) is 78.9 Å². The normalized spacial score (nSPS) is 13.3. The molecule has 0 bridgehead atoms. The fourth-order valence-electron chi connectivity index (χ4n) is 4.26. The monoisotopic (exact) mass is 508 g/mol. The van der Waals surface area contributed by atoms with Gasteiger partial charge in [0.1, 0.15) is 0 Å². The first-order valence-electron chi connectivity index (χ1n) is 10.8. The topological polar surface area (TPSA) is 66.5 Å². The van der Waals surface area contributed by atoms with Gasteiger partial charge >= 0.3 is 6.18 Å². The van der Waals surface area contributed by atoms with Crippen molar-refractivity contribution in [2.24, 2.45) is 0 Å². The lowest BCUT2D eigenvalue weighted by Crippen LogP contribution is -2.40. The number of carbonyl (C=O) groups is 3. The molecule has 0 saturated carbocycles. The van der Waals surface area contributed by atoms with Crippen molar-refractivity contribution in [3.63, 3.8) is 0 Å². The summed E-state index contributed by atoms with van der Waals surface area (Å²) in [5, 5.41) is 3.95. The fraction of sp³-hybridized carbons (Fsp3) is 0.0741. The molecule has 0 aliphatic carbocycles. The van der Waals surface area contributed by atoms with Crippen LogP contribution in [0.5, 0.6) is 0 Å². The van der Waals surface area contributed by atoms with E-state index in [2.05, 4.69) is 5.32 Å². The maximum atomic E-state index is 13.3. The molecule has 0 unspecified atom stereocenters. The van der Waals surface area contributed by atoms with E-state index in [9.17, 15) is 27.6 Å². The molecular weight excluding hydrogens is 493 g/mol. The predicted molar refractivity (Wildman–Crippen MR) is 129 cm³/mol. The highest BCUT2D eigenvalue weighted by Crippen LogP contribution is 2.37. The molecule has 3 amide bonds. The number of anilines is 1. The van der Waals surface area contributed by atoms with E-state index in [4.69, 9.17) is 11.6 Å². The van der Waals surface area contributed by atoms with Crippen LogP contribution >= 0.6 is 11.6 Å². The van der Waals surface area contributed by atoms with Crippen molar-refractivity contribution in [3.05, 3.63) is 112 Å². The maximum absolute atomic E-state index is 13.3. The maximum Gasteiger partial charge on any atom is 0.416 e. The highest BCUT2D eigenvalue weighted by Gasteiger charge is 2.37. The van der Waals surface area contributed by atoms with Crippen LogP contribution in [-0.4, -0.2) is 17.7 Å².